The summed E-state index contributed by atoms with van der Waals surface area (Å²) in [7, 11) is -1.91. The fourth-order valence-electron chi connectivity index (χ4n) is 1.52. The van der Waals surface area contributed by atoms with E-state index in [2.05, 4.69) is 36.1 Å². The smallest absolute Gasteiger partial charge is 0.244 e. The van der Waals surface area contributed by atoms with Crippen molar-refractivity contribution < 1.29 is 17.4 Å². The van der Waals surface area contributed by atoms with Gasteiger partial charge in [-0.1, -0.05) is 5.16 Å². The molecule has 0 fully saturated rings. The molecule has 2 rings (SSSR count). The number of aromatic nitrogens is 2. The van der Waals surface area contributed by atoms with Crippen molar-refractivity contribution in [3.8, 4) is 0 Å². The monoisotopic (exact) mass is 364 g/mol. The molecular weight excluding hydrogens is 352 g/mol. The maximum absolute atomic E-state index is 12.1. The lowest BCUT2D eigenvalue weighted by Gasteiger charge is -2.02. The van der Waals surface area contributed by atoms with Crippen LogP contribution in [0.5, 0.6) is 0 Å². The van der Waals surface area contributed by atoms with Crippen molar-refractivity contribution >= 4 is 26.0 Å². The summed E-state index contributed by atoms with van der Waals surface area (Å²) in [4.78, 5) is 3.87. The lowest BCUT2D eigenvalue weighted by molar-refractivity contribution is 0.377. The maximum atomic E-state index is 12.1. The first-order chi connectivity index (χ1) is 9.53. The molecule has 0 bridgehead atoms. The Kier molecular flexibility index (Phi) is 4.91. The van der Waals surface area contributed by atoms with Crippen LogP contribution in [0.3, 0.4) is 0 Å². The molecule has 2 aromatic rings. The van der Waals surface area contributed by atoms with Crippen LogP contribution in [0, 0.1) is 0 Å². The molecule has 8 nitrogen and oxygen atoms in total. The van der Waals surface area contributed by atoms with Gasteiger partial charge >= 0.3 is 0 Å². The van der Waals surface area contributed by atoms with E-state index in [1.54, 1.807) is 7.05 Å². The van der Waals surface area contributed by atoms with Crippen LogP contribution in [-0.4, -0.2) is 32.2 Å². The van der Waals surface area contributed by atoms with Crippen molar-refractivity contribution in [1.82, 2.24) is 20.2 Å². The molecule has 110 valence electrons. The fourth-order valence-corrected chi connectivity index (χ4v) is 3.55. The molecule has 0 atom stereocenters. The normalized spacial score (nSPS) is 11.9. The van der Waals surface area contributed by atoms with Crippen molar-refractivity contribution in [3.05, 3.63) is 28.7 Å². The number of rotatable bonds is 7. The Morgan fingerprint density at radius 1 is 1.45 bits per heavy atom. The highest BCUT2D eigenvalue weighted by atomic mass is 79.9. The minimum Gasteiger partial charge on any atom is -0.452 e. The zero-order chi connectivity index (χ0) is 14.6. The first-order valence-corrected chi connectivity index (χ1v) is 7.98. The average Bonchev–Trinajstić information content (AvgIpc) is 2.99. The number of hydrogen-bond acceptors (Lipinski definition) is 7. The summed E-state index contributed by atoms with van der Waals surface area (Å²) in [5.41, 5.74) is 0. The second-order valence-corrected chi connectivity index (χ2v) is 6.32. The molecule has 0 spiro atoms. The second kappa shape index (κ2) is 6.48. The standard InChI is InChI=1S/C10H13BrN4O4S/c1-12-5-7-4-8(10(11)18-7)20(16,17)15-3-2-9-13-6-14-19-9/h4,6,12,15H,2-3,5H2,1H3. The molecule has 10 heteroatoms. The van der Waals surface area contributed by atoms with Crippen LogP contribution in [0.4, 0.5) is 0 Å². The largest absolute Gasteiger partial charge is 0.452 e. The van der Waals surface area contributed by atoms with Gasteiger partial charge in [-0.25, -0.2) is 13.1 Å². The Labute approximate surface area is 124 Å². The lowest BCUT2D eigenvalue weighted by atomic mass is 10.4. The number of nitrogens with one attached hydrogen (secondary N) is 2. The Morgan fingerprint density at radius 2 is 2.25 bits per heavy atom. The van der Waals surface area contributed by atoms with E-state index in [4.69, 9.17) is 8.94 Å². The van der Waals surface area contributed by atoms with E-state index < -0.39 is 10.0 Å². The summed E-state index contributed by atoms with van der Waals surface area (Å²) in [5, 5.41) is 6.32. The van der Waals surface area contributed by atoms with Crippen LogP contribution in [0.1, 0.15) is 11.7 Å². The fraction of sp³-hybridized carbons (Fsp3) is 0.400. The molecule has 0 unspecified atom stereocenters. The van der Waals surface area contributed by atoms with Gasteiger partial charge in [0, 0.05) is 19.0 Å². The van der Waals surface area contributed by atoms with Crippen LogP contribution in [0.15, 0.2) is 30.9 Å². The predicted octanol–water partition coefficient (Wildman–Crippen LogP) is 0.665. The van der Waals surface area contributed by atoms with Crippen LogP contribution >= 0.6 is 15.9 Å². The van der Waals surface area contributed by atoms with Crippen molar-refractivity contribution in [3.63, 3.8) is 0 Å². The number of sulfonamides is 1. The summed E-state index contributed by atoms with van der Waals surface area (Å²) < 4.78 is 36.9. The van der Waals surface area contributed by atoms with Crippen LogP contribution in [0.2, 0.25) is 0 Å². The summed E-state index contributed by atoms with van der Waals surface area (Å²) in [5.74, 6) is 0.895. The zero-order valence-electron chi connectivity index (χ0n) is 10.6. The molecule has 2 N–H and O–H groups in total. The number of halogens is 1. The predicted molar refractivity (Wildman–Crippen MR) is 72.4 cm³/mol. The van der Waals surface area contributed by atoms with E-state index in [1.807, 2.05) is 0 Å². The summed E-state index contributed by atoms with van der Waals surface area (Å²) >= 11 is 3.10. The SMILES string of the molecule is CNCc1cc(S(=O)(=O)NCCc2ncno2)c(Br)o1. The molecule has 2 heterocycles. The number of hydrogen-bond donors (Lipinski definition) is 2. The van der Waals surface area contributed by atoms with E-state index in [1.165, 1.54) is 12.4 Å². The topological polar surface area (TPSA) is 110 Å². The molecule has 20 heavy (non-hydrogen) atoms. The summed E-state index contributed by atoms with van der Waals surface area (Å²) in [6, 6.07) is 1.47. The van der Waals surface area contributed by atoms with Gasteiger partial charge < -0.3 is 14.3 Å². The minimum atomic E-state index is -3.65. The molecule has 0 aliphatic rings. The summed E-state index contributed by atoms with van der Waals surface area (Å²) in [6.07, 6.45) is 1.58. The maximum Gasteiger partial charge on any atom is 0.244 e. The van der Waals surface area contributed by atoms with E-state index >= 15 is 0 Å². The lowest BCUT2D eigenvalue weighted by Crippen LogP contribution is -2.26. The second-order valence-electron chi connectivity index (χ2n) is 3.86. The van der Waals surface area contributed by atoms with E-state index in [0.29, 0.717) is 24.6 Å². The molecule has 2 aromatic heterocycles. The molecule has 0 saturated carbocycles. The third kappa shape index (κ3) is 3.66. The van der Waals surface area contributed by atoms with Crippen LogP contribution in [0.25, 0.3) is 0 Å². The van der Waals surface area contributed by atoms with Crippen molar-refractivity contribution in [2.24, 2.45) is 0 Å². The number of furan rings is 1. The third-order valence-corrected chi connectivity index (χ3v) is 4.70. The Morgan fingerprint density at radius 3 is 2.90 bits per heavy atom. The van der Waals surface area contributed by atoms with Gasteiger partial charge in [0.25, 0.3) is 0 Å². The molecule has 0 radical (unpaired) electrons. The van der Waals surface area contributed by atoms with Crippen LogP contribution in [-0.2, 0) is 23.0 Å². The molecule has 0 saturated heterocycles. The van der Waals surface area contributed by atoms with Gasteiger partial charge in [0.2, 0.25) is 15.9 Å². The average molecular weight is 365 g/mol. The van der Waals surface area contributed by atoms with Crippen molar-refractivity contribution in [2.45, 2.75) is 17.9 Å². The highest BCUT2D eigenvalue weighted by Crippen LogP contribution is 2.25. The Bertz CT molecular complexity index is 653. The third-order valence-electron chi connectivity index (χ3n) is 2.38. The van der Waals surface area contributed by atoms with Gasteiger partial charge in [-0.05, 0) is 23.0 Å². The van der Waals surface area contributed by atoms with Gasteiger partial charge in [-0.15, -0.1) is 0 Å². The highest BCUT2D eigenvalue weighted by molar-refractivity contribution is 9.10. The molecule has 0 aliphatic carbocycles. The van der Waals surface area contributed by atoms with E-state index in [-0.39, 0.29) is 16.1 Å². The van der Waals surface area contributed by atoms with Gasteiger partial charge in [0.1, 0.15) is 10.7 Å². The first-order valence-electron chi connectivity index (χ1n) is 5.71. The quantitative estimate of drug-likeness (QED) is 0.742. The van der Waals surface area contributed by atoms with Crippen molar-refractivity contribution in [1.29, 1.82) is 0 Å². The van der Waals surface area contributed by atoms with Gasteiger partial charge in [0.15, 0.2) is 11.0 Å². The van der Waals surface area contributed by atoms with E-state index in [0.717, 1.165) is 0 Å². The van der Waals surface area contributed by atoms with Crippen molar-refractivity contribution in [2.75, 3.05) is 13.6 Å². The van der Waals surface area contributed by atoms with E-state index in [9.17, 15) is 8.42 Å². The Hall–Kier alpha value is -1.23. The highest BCUT2D eigenvalue weighted by Gasteiger charge is 2.22. The van der Waals surface area contributed by atoms with Gasteiger partial charge in [0.05, 0.1) is 6.54 Å². The minimum absolute atomic E-state index is 0.0632. The number of nitrogens with zero attached hydrogens (tertiary/aromatic N) is 2. The summed E-state index contributed by atoms with van der Waals surface area (Å²) in [6.45, 7) is 0.597. The van der Waals surface area contributed by atoms with Gasteiger partial charge in [-0.2, -0.15) is 4.98 Å². The first kappa shape index (κ1) is 15.2. The molecular formula is C10H13BrN4O4S. The van der Waals surface area contributed by atoms with Crippen LogP contribution < -0.4 is 10.0 Å². The van der Waals surface area contributed by atoms with Gasteiger partial charge in [-0.3, -0.25) is 0 Å². The molecule has 0 aliphatic heterocycles. The molecule has 0 amide bonds. The Balaban J connectivity index is 2.02. The zero-order valence-corrected chi connectivity index (χ0v) is 13.0. The molecule has 0 aromatic carbocycles.